The smallest absolute Gasteiger partial charge is 0.0739 e. The molecule has 0 bridgehead atoms. The van der Waals surface area contributed by atoms with Crippen LogP contribution in [0.3, 0.4) is 0 Å². The quantitative estimate of drug-likeness (QED) is 0.878. The van der Waals surface area contributed by atoms with Crippen molar-refractivity contribution in [1.29, 1.82) is 0 Å². The van der Waals surface area contributed by atoms with Crippen molar-refractivity contribution in [3.63, 3.8) is 0 Å². The number of aliphatic hydroxyl groups excluding tert-OH is 1. The van der Waals surface area contributed by atoms with E-state index in [-0.39, 0.29) is 6.10 Å². The maximum atomic E-state index is 9.97. The molecule has 2 rings (SSSR count). The largest absolute Gasteiger partial charge is 0.392 e. The summed E-state index contributed by atoms with van der Waals surface area (Å²) in [7, 11) is 4.17. The summed E-state index contributed by atoms with van der Waals surface area (Å²) in [6.07, 6.45) is 0.646. The second-order valence-electron chi connectivity index (χ2n) is 5.90. The van der Waals surface area contributed by atoms with E-state index in [0.717, 1.165) is 42.8 Å². The van der Waals surface area contributed by atoms with Gasteiger partial charge in [-0.1, -0.05) is 0 Å². The van der Waals surface area contributed by atoms with E-state index in [0.29, 0.717) is 6.04 Å². The van der Waals surface area contributed by atoms with Gasteiger partial charge in [-0.15, -0.1) is 0 Å². The minimum absolute atomic E-state index is 0.210. The Balaban J connectivity index is 2.15. The highest BCUT2D eigenvalue weighted by molar-refractivity contribution is 9.10. The van der Waals surface area contributed by atoms with E-state index in [4.69, 9.17) is 0 Å². The summed E-state index contributed by atoms with van der Waals surface area (Å²) in [6.45, 7) is 7.57. The molecule has 1 fully saturated rings. The highest BCUT2D eigenvalue weighted by atomic mass is 79.9. The van der Waals surface area contributed by atoms with E-state index in [1.165, 1.54) is 5.69 Å². The third-order valence-electron chi connectivity index (χ3n) is 3.89. The number of aryl methyl sites for hydroxylation is 2. The van der Waals surface area contributed by atoms with Crippen LogP contribution in [0.15, 0.2) is 4.47 Å². The second kappa shape index (κ2) is 6.56. The van der Waals surface area contributed by atoms with Crippen LogP contribution in [0, 0.1) is 6.92 Å². The van der Waals surface area contributed by atoms with Gasteiger partial charge in [-0.05, 0) is 50.3 Å². The summed E-state index contributed by atoms with van der Waals surface area (Å²) >= 11 is 3.65. The second-order valence-corrected chi connectivity index (χ2v) is 6.69. The van der Waals surface area contributed by atoms with Gasteiger partial charge in [0.05, 0.1) is 22.0 Å². The highest BCUT2D eigenvalue weighted by Gasteiger charge is 2.32. The van der Waals surface area contributed by atoms with Crippen LogP contribution in [-0.4, -0.2) is 64.0 Å². The molecule has 1 N–H and O–H groups in total. The third-order valence-corrected chi connectivity index (χ3v) is 4.92. The van der Waals surface area contributed by atoms with Crippen LogP contribution in [0.2, 0.25) is 0 Å². The Morgan fingerprint density at radius 2 is 2.15 bits per heavy atom. The molecule has 6 heteroatoms. The molecular formula is C14H25BrN4O. The molecule has 0 saturated carbocycles. The molecule has 1 saturated heterocycles. The van der Waals surface area contributed by atoms with Crippen molar-refractivity contribution in [2.45, 2.75) is 45.5 Å². The maximum Gasteiger partial charge on any atom is 0.0739 e. The van der Waals surface area contributed by atoms with E-state index < -0.39 is 0 Å². The monoisotopic (exact) mass is 344 g/mol. The van der Waals surface area contributed by atoms with Crippen molar-refractivity contribution < 1.29 is 5.11 Å². The molecule has 0 aliphatic carbocycles. The lowest BCUT2D eigenvalue weighted by Crippen LogP contribution is -2.37. The van der Waals surface area contributed by atoms with Crippen LogP contribution in [0.1, 0.15) is 24.7 Å². The van der Waals surface area contributed by atoms with Gasteiger partial charge in [-0.3, -0.25) is 9.58 Å². The molecule has 1 aliphatic rings. The van der Waals surface area contributed by atoms with Gasteiger partial charge in [0.1, 0.15) is 0 Å². The minimum atomic E-state index is -0.210. The predicted octanol–water partition coefficient (Wildman–Crippen LogP) is 1.47. The van der Waals surface area contributed by atoms with E-state index in [1.54, 1.807) is 0 Å². The number of likely N-dealkylation sites (N-methyl/N-ethyl adjacent to an activating group) is 1. The predicted molar refractivity (Wildman–Crippen MR) is 83.7 cm³/mol. The van der Waals surface area contributed by atoms with Crippen LogP contribution in [0.5, 0.6) is 0 Å². The Bertz CT molecular complexity index is 460. The fraction of sp³-hybridized carbons (Fsp3) is 0.786. The van der Waals surface area contributed by atoms with Crippen LogP contribution in [0.4, 0.5) is 0 Å². The summed E-state index contributed by atoms with van der Waals surface area (Å²) < 4.78 is 3.15. The number of hydrogen-bond donors (Lipinski definition) is 1. The standard InChI is InChI=1S/C14H25BrN4O/c1-5-19-13(14(15)10(2)16-19)9-18-8-12(20)6-11(18)7-17(3)4/h11-12,20H,5-9H2,1-4H3. The van der Waals surface area contributed by atoms with Gasteiger partial charge in [-0.2, -0.15) is 5.10 Å². The molecule has 1 aliphatic heterocycles. The minimum Gasteiger partial charge on any atom is -0.392 e. The normalized spacial score (nSPS) is 23.9. The van der Waals surface area contributed by atoms with Crippen LogP contribution in [0.25, 0.3) is 0 Å². The summed E-state index contributed by atoms with van der Waals surface area (Å²) in [5.74, 6) is 0. The number of nitrogens with zero attached hydrogens (tertiary/aromatic N) is 4. The number of hydrogen-bond acceptors (Lipinski definition) is 4. The van der Waals surface area contributed by atoms with Crippen LogP contribution in [-0.2, 0) is 13.1 Å². The first kappa shape index (κ1) is 15.9. The summed E-state index contributed by atoms with van der Waals surface area (Å²) in [6, 6.07) is 0.410. The van der Waals surface area contributed by atoms with Gasteiger partial charge in [0.25, 0.3) is 0 Å². The number of rotatable bonds is 5. The van der Waals surface area contributed by atoms with Crippen molar-refractivity contribution in [2.24, 2.45) is 0 Å². The molecule has 2 atom stereocenters. The van der Waals surface area contributed by atoms with Crippen molar-refractivity contribution >= 4 is 15.9 Å². The molecule has 1 aromatic heterocycles. The van der Waals surface area contributed by atoms with Crippen LogP contribution < -0.4 is 0 Å². The van der Waals surface area contributed by atoms with Gasteiger partial charge < -0.3 is 10.0 Å². The van der Waals surface area contributed by atoms with E-state index in [9.17, 15) is 5.11 Å². The number of aromatic nitrogens is 2. The number of likely N-dealkylation sites (tertiary alicyclic amines) is 1. The first-order valence-corrected chi connectivity index (χ1v) is 8.00. The molecule has 0 aromatic carbocycles. The zero-order chi connectivity index (χ0) is 14.9. The molecule has 20 heavy (non-hydrogen) atoms. The number of aliphatic hydroxyl groups is 1. The average Bonchev–Trinajstić information content (AvgIpc) is 2.83. The Hall–Kier alpha value is -0.430. The fourth-order valence-electron chi connectivity index (χ4n) is 2.98. The molecule has 1 aromatic rings. The van der Waals surface area contributed by atoms with Gasteiger partial charge in [0.15, 0.2) is 0 Å². The summed E-state index contributed by atoms with van der Waals surface area (Å²) in [5, 5.41) is 14.5. The van der Waals surface area contributed by atoms with Crippen molar-refractivity contribution in [3.8, 4) is 0 Å². The molecular weight excluding hydrogens is 320 g/mol. The molecule has 0 spiro atoms. The van der Waals surface area contributed by atoms with Gasteiger partial charge in [0.2, 0.25) is 0 Å². The first-order valence-electron chi connectivity index (χ1n) is 7.21. The summed E-state index contributed by atoms with van der Waals surface area (Å²) in [5.41, 5.74) is 2.24. The van der Waals surface area contributed by atoms with Gasteiger partial charge >= 0.3 is 0 Å². The molecule has 5 nitrogen and oxygen atoms in total. The topological polar surface area (TPSA) is 44.5 Å². The van der Waals surface area contributed by atoms with Crippen LogP contribution >= 0.6 is 15.9 Å². The third kappa shape index (κ3) is 3.42. The lowest BCUT2D eigenvalue weighted by molar-refractivity contribution is 0.167. The van der Waals surface area contributed by atoms with E-state index >= 15 is 0 Å². The Labute approximate surface area is 129 Å². The maximum absolute atomic E-state index is 9.97. The summed E-state index contributed by atoms with van der Waals surface area (Å²) in [4.78, 5) is 4.56. The number of β-amino-alcohol motifs (C(OH)–C–C–N with tert-alkyl or cyclic N) is 1. The molecule has 0 amide bonds. The van der Waals surface area contributed by atoms with E-state index in [2.05, 4.69) is 56.5 Å². The van der Waals surface area contributed by atoms with Crippen molar-refractivity contribution in [1.82, 2.24) is 19.6 Å². The lowest BCUT2D eigenvalue weighted by atomic mass is 10.2. The number of halogens is 1. The molecule has 2 heterocycles. The van der Waals surface area contributed by atoms with Gasteiger partial charge in [0, 0.05) is 32.2 Å². The van der Waals surface area contributed by atoms with Gasteiger partial charge in [-0.25, -0.2) is 0 Å². The average molecular weight is 345 g/mol. The highest BCUT2D eigenvalue weighted by Crippen LogP contribution is 2.26. The fourth-order valence-corrected chi connectivity index (χ4v) is 3.38. The Morgan fingerprint density at radius 1 is 1.45 bits per heavy atom. The molecule has 0 radical (unpaired) electrons. The zero-order valence-electron chi connectivity index (χ0n) is 12.8. The molecule has 114 valence electrons. The zero-order valence-corrected chi connectivity index (χ0v) is 14.4. The Morgan fingerprint density at radius 3 is 2.75 bits per heavy atom. The first-order chi connectivity index (χ1) is 9.42. The SMILES string of the molecule is CCn1nc(C)c(Br)c1CN1CC(O)CC1CN(C)C. The van der Waals surface area contributed by atoms with Crippen molar-refractivity contribution in [2.75, 3.05) is 27.2 Å². The lowest BCUT2D eigenvalue weighted by Gasteiger charge is -2.26. The van der Waals surface area contributed by atoms with Crippen molar-refractivity contribution in [3.05, 3.63) is 15.9 Å². The Kier molecular flexibility index (Phi) is 5.23. The van der Waals surface area contributed by atoms with E-state index in [1.807, 2.05) is 6.92 Å². The molecule has 2 unspecified atom stereocenters.